The summed E-state index contributed by atoms with van der Waals surface area (Å²) in [7, 11) is 0. The lowest BCUT2D eigenvalue weighted by molar-refractivity contribution is -0.110. The molecule has 0 amide bonds. The molecule has 4 aliphatic rings. The van der Waals surface area contributed by atoms with E-state index in [2.05, 4.69) is 31.6 Å². The summed E-state index contributed by atoms with van der Waals surface area (Å²) >= 11 is 0. The fraction of sp³-hybridized carbons (Fsp3) is 0.538. The van der Waals surface area contributed by atoms with E-state index in [0.717, 1.165) is 75.6 Å². The van der Waals surface area contributed by atoms with Gasteiger partial charge in [0.25, 0.3) is 5.56 Å². The fourth-order valence-electron chi connectivity index (χ4n) is 5.81. The first-order chi connectivity index (χ1) is 17.0. The van der Waals surface area contributed by atoms with Crippen LogP contribution in [-0.4, -0.2) is 63.8 Å². The average molecular weight is 477 g/mol. The molecule has 1 spiro atoms. The van der Waals surface area contributed by atoms with E-state index < -0.39 is 0 Å². The van der Waals surface area contributed by atoms with Crippen molar-refractivity contribution in [1.82, 2.24) is 19.8 Å². The van der Waals surface area contributed by atoms with Gasteiger partial charge in [0, 0.05) is 44.7 Å². The molecule has 1 saturated carbocycles. The smallest absolute Gasteiger partial charge is 0.252 e. The first-order valence-corrected chi connectivity index (χ1v) is 12.7. The minimum absolute atomic E-state index is 0.0259. The van der Waals surface area contributed by atoms with Gasteiger partial charge in [-0.15, -0.1) is 0 Å². The maximum atomic E-state index is 12.5. The second-order valence-electron chi connectivity index (χ2n) is 10.3. The van der Waals surface area contributed by atoms with E-state index in [1.54, 1.807) is 10.6 Å². The van der Waals surface area contributed by atoms with Gasteiger partial charge in [-0.2, -0.15) is 0 Å². The molecule has 9 nitrogen and oxygen atoms in total. The molecule has 2 aromatic heterocycles. The molecule has 6 rings (SSSR count). The lowest BCUT2D eigenvalue weighted by Crippen LogP contribution is -2.46. The molecule has 184 valence electrons. The lowest BCUT2D eigenvalue weighted by Gasteiger charge is -2.33. The molecule has 3 aliphatic heterocycles. The van der Waals surface area contributed by atoms with Crippen molar-refractivity contribution in [3.63, 3.8) is 0 Å². The largest absolute Gasteiger partial charge is 0.492 e. The number of carbonyl (C=O) groups excluding carboxylic acids is 1. The SMILES string of the molecule is CC(=O)C=Nc1ccc(=O)n2c1NC1(C[C@H]1N1CCC(NCc3cc4c(cn3)OCCC4)CC1)C2. The van der Waals surface area contributed by atoms with Gasteiger partial charge in [-0.05, 0) is 49.8 Å². The normalized spacial score (nSPS) is 25.8. The number of aliphatic imine (C=N–C) groups is 1. The van der Waals surface area contributed by atoms with Gasteiger partial charge in [-0.1, -0.05) is 0 Å². The number of Topliss-reactive ketones (excluding diaryl/α,β-unsaturated/α-hetero) is 1. The van der Waals surface area contributed by atoms with Crippen LogP contribution in [0.1, 0.15) is 43.9 Å². The van der Waals surface area contributed by atoms with Gasteiger partial charge in [0.05, 0.1) is 36.8 Å². The summed E-state index contributed by atoms with van der Waals surface area (Å²) in [5.74, 6) is 1.56. The van der Waals surface area contributed by atoms with Gasteiger partial charge in [0.2, 0.25) is 0 Å². The highest BCUT2D eigenvalue weighted by Crippen LogP contribution is 2.50. The maximum absolute atomic E-state index is 12.5. The van der Waals surface area contributed by atoms with Crippen LogP contribution >= 0.6 is 0 Å². The van der Waals surface area contributed by atoms with Gasteiger partial charge in [-0.3, -0.25) is 24.0 Å². The number of aryl methyl sites for hydroxylation is 1. The zero-order valence-electron chi connectivity index (χ0n) is 20.1. The second-order valence-corrected chi connectivity index (χ2v) is 10.3. The third kappa shape index (κ3) is 4.38. The quantitative estimate of drug-likeness (QED) is 0.616. The summed E-state index contributed by atoms with van der Waals surface area (Å²) in [6.07, 6.45) is 8.54. The Kier molecular flexibility index (Phi) is 5.69. The van der Waals surface area contributed by atoms with E-state index in [1.807, 2.05) is 6.20 Å². The van der Waals surface area contributed by atoms with Crippen LogP contribution in [0.25, 0.3) is 0 Å². The number of piperidine rings is 1. The van der Waals surface area contributed by atoms with Crippen molar-refractivity contribution < 1.29 is 9.53 Å². The van der Waals surface area contributed by atoms with Gasteiger partial charge in [0.15, 0.2) is 5.78 Å². The minimum atomic E-state index is -0.111. The van der Waals surface area contributed by atoms with Gasteiger partial charge < -0.3 is 15.4 Å². The number of nitrogens with one attached hydrogen (secondary N) is 2. The monoisotopic (exact) mass is 476 g/mol. The van der Waals surface area contributed by atoms with Crippen molar-refractivity contribution in [2.45, 2.75) is 69.7 Å². The molecule has 1 saturated heterocycles. The predicted molar refractivity (Wildman–Crippen MR) is 134 cm³/mol. The zero-order valence-corrected chi connectivity index (χ0v) is 20.1. The number of fused-ring (bicyclic) bond motifs is 2. The Hall–Kier alpha value is -3.04. The molecule has 1 aliphatic carbocycles. The Balaban J connectivity index is 1.04. The number of nitrogens with zero attached hydrogens (tertiary/aromatic N) is 4. The Morgan fingerprint density at radius 3 is 3.06 bits per heavy atom. The number of pyridine rings is 2. The van der Waals surface area contributed by atoms with Crippen molar-refractivity contribution in [2.24, 2.45) is 4.99 Å². The Bertz CT molecular complexity index is 1230. The van der Waals surface area contributed by atoms with Crippen molar-refractivity contribution in [1.29, 1.82) is 0 Å². The molecule has 2 fully saturated rings. The molecule has 2 N–H and O–H groups in total. The first-order valence-electron chi connectivity index (χ1n) is 12.7. The molecule has 2 atom stereocenters. The van der Waals surface area contributed by atoms with Crippen LogP contribution in [-0.2, 0) is 24.3 Å². The van der Waals surface area contributed by atoms with Crippen LogP contribution in [0.15, 0.2) is 34.2 Å². The van der Waals surface area contributed by atoms with Crippen LogP contribution in [0.4, 0.5) is 11.5 Å². The molecular formula is C26H32N6O3. The molecule has 9 heteroatoms. The number of ether oxygens (including phenoxy) is 1. The summed E-state index contributed by atoms with van der Waals surface area (Å²) < 4.78 is 7.45. The predicted octanol–water partition coefficient (Wildman–Crippen LogP) is 2.05. The number of aromatic nitrogens is 2. The van der Waals surface area contributed by atoms with Crippen molar-refractivity contribution in [2.75, 3.05) is 25.0 Å². The number of likely N-dealkylation sites (tertiary alicyclic amines) is 1. The summed E-state index contributed by atoms with van der Waals surface area (Å²) in [4.78, 5) is 35.3. The van der Waals surface area contributed by atoms with E-state index in [0.29, 0.717) is 24.3 Å². The van der Waals surface area contributed by atoms with Gasteiger partial charge >= 0.3 is 0 Å². The topological polar surface area (TPSA) is 101 Å². The molecule has 5 heterocycles. The summed E-state index contributed by atoms with van der Waals surface area (Å²) in [6, 6.07) is 6.31. The molecular weight excluding hydrogens is 444 g/mol. The van der Waals surface area contributed by atoms with E-state index in [-0.39, 0.29) is 16.9 Å². The Labute approximate surface area is 204 Å². The van der Waals surface area contributed by atoms with Crippen LogP contribution in [0.5, 0.6) is 5.75 Å². The molecule has 0 aromatic carbocycles. The van der Waals surface area contributed by atoms with Crippen molar-refractivity contribution in [3.8, 4) is 5.75 Å². The van der Waals surface area contributed by atoms with Crippen LogP contribution < -0.4 is 20.9 Å². The van der Waals surface area contributed by atoms with Gasteiger partial charge in [-0.25, -0.2) is 4.99 Å². The van der Waals surface area contributed by atoms with E-state index in [4.69, 9.17) is 4.74 Å². The molecule has 2 aromatic rings. The van der Waals surface area contributed by atoms with Crippen LogP contribution in [0, 0.1) is 0 Å². The standard InChI is InChI=1S/C26H32N6O3/c1-17(33)13-29-21-4-5-24(34)32-16-26(30-25(21)32)12-23(26)31-8-6-19(7-9-31)27-14-20-11-18-3-2-10-35-22(18)15-28-20/h4-5,11,13,15,19,23,27,30H,2-3,6-10,12,14,16H2,1H3/t23-,26?/m1/s1. The third-order valence-electron chi connectivity index (χ3n) is 7.79. The maximum Gasteiger partial charge on any atom is 0.252 e. The molecule has 1 unspecified atom stereocenters. The summed E-state index contributed by atoms with van der Waals surface area (Å²) in [5.41, 5.74) is 2.87. The fourth-order valence-corrected chi connectivity index (χ4v) is 5.81. The number of rotatable bonds is 6. The highest BCUT2D eigenvalue weighted by Gasteiger charge is 2.60. The second kappa shape index (κ2) is 8.87. The van der Waals surface area contributed by atoms with Crippen LogP contribution in [0.3, 0.4) is 0 Å². The number of anilines is 1. The Morgan fingerprint density at radius 2 is 2.23 bits per heavy atom. The highest BCUT2D eigenvalue weighted by molar-refractivity contribution is 6.26. The molecule has 35 heavy (non-hydrogen) atoms. The minimum Gasteiger partial charge on any atom is -0.492 e. The van der Waals surface area contributed by atoms with E-state index in [9.17, 15) is 9.59 Å². The van der Waals surface area contributed by atoms with Crippen molar-refractivity contribution in [3.05, 3.63) is 46.0 Å². The number of carbonyl (C=O) groups is 1. The molecule has 0 radical (unpaired) electrons. The van der Waals surface area contributed by atoms with Crippen LogP contribution in [0.2, 0.25) is 0 Å². The third-order valence-corrected chi connectivity index (χ3v) is 7.79. The first kappa shape index (κ1) is 22.4. The number of ketones is 1. The van der Waals surface area contributed by atoms with Gasteiger partial charge in [0.1, 0.15) is 17.3 Å². The number of hydrogen-bond donors (Lipinski definition) is 2. The highest BCUT2D eigenvalue weighted by atomic mass is 16.5. The average Bonchev–Trinajstić information content (AvgIpc) is 3.42. The lowest BCUT2D eigenvalue weighted by atomic mass is 10.0. The van der Waals surface area contributed by atoms with E-state index in [1.165, 1.54) is 24.8 Å². The van der Waals surface area contributed by atoms with E-state index >= 15 is 0 Å². The Morgan fingerprint density at radius 1 is 1.37 bits per heavy atom. The summed E-state index contributed by atoms with van der Waals surface area (Å²) in [5, 5.41) is 7.31. The van der Waals surface area contributed by atoms with Crippen molar-refractivity contribution >= 4 is 23.5 Å². The molecule has 0 bridgehead atoms. The summed E-state index contributed by atoms with van der Waals surface area (Å²) in [6.45, 7) is 5.79. The number of hydrogen-bond acceptors (Lipinski definition) is 8. The zero-order chi connectivity index (χ0) is 24.0.